The number of aromatic amines is 1. The Balaban J connectivity index is -0.000000456. The van der Waals surface area contributed by atoms with E-state index in [-0.39, 0.29) is 59.2 Å². The van der Waals surface area contributed by atoms with Crippen molar-refractivity contribution < 1.29 is 168 Å². The van der Waals surface area contributed by atoms with Gasteiger partial charge in [-0.1, -0.05) is 36.4 Å². The van der Waals surface area contributed by atoms with Crippen LogP contribution in [0.3, 0.4) is 0 Å². The number of hydrogen-bond donors (Lipinski definition) is 13. The molecule has 0 fully saturated rings. The third-order valence-corrected chi connectivity index (χ3v) is 13.8. The van der Waals surface area contributed by atoms with E-state index in [1.54, 1.807) is 115 Å². The number of hydrogen-bond acceptors (Lipinski definition) is 37. The van der Waals surface area contributed by atoms with Crippen LogP contribution in [-0.4, -0.2) is 232 Å². The van der Waals surface area contributed by atoms with Gasteiger partial charge in [-0.3, -0.25) is 99.1 Å². The number of benzene rings is 7. The molecular weight excluding hydrogens is 1970 g/mol. The van der Waals surface area contributed by atoms with Crippen LogP contribution in [0.25, 0.3) is 17.0 Å². The number of halogens is 2. The Bertz CT molecular complexity index is 5400. The fourth-order valence-electron chi connectivity index (χ4n) is 8.65. The normalized spacial score (nSPS) is 9.66. The third-order valence-electron chi connectivity index (χ3n) is 13.8. The number of nitro groups is 8. The SMILES string of the molecule is CCO.CCOC(=O)c1cc(N)cc2[nH]ccc12.CCOC(=O)c1cc([N+](=O)[O-])cc([N+](=O)[O-])c1/C=C/N(C)C.CCOC(=O)c1cc([N+](=O)[O-])cc([N+](=O)[O-])c1C.Cc1c(C(=O)O)cc([N+](=O)[O-])cc1[N+](=O)[O-].Cc1c(C(=O)O)cc([N+](=O)[O-])cc1[N+](=O)[O-].Cc1ccccc1C(=O)O.Cc1ccccc1C(=O)O.O=S(=O)(O)O.O=S(=O)(O)O.O=[N+]([O-])O.O=[N+]([O-])O.[Cl][Sn][Cl]. The quantitative estimate of drug-likeness (QED) is 0.00641. The Morgan fingerprint density at radius 3 is 0.931 bits per heavy atom. The number of fused-ring (bicyclic) bond motifs is 1. The molecule has 0 unspecified atom stereocenters. The molecule has 0 atom stereocenters. The molecule has 8 rings (SSSR count). The fourth-order valence-corrected chi connectivity index (χ4v) is 8.65. The summed E-state index contributed by atoms with van der Waals surface area (Å²) in [4.78, 5) is 178. The second-order valence-corrected chi connectivity index (χ2v) is 29.0. The minimum atomic E-state index is -4.67. The molecule has 1 aromatic heterocycles. The number of nitrogens with two attached hydrogens (primary N) is 1. The molecule has 7 aromatic carbocycles. The van der Waals surface area contributed by atoms with Crippen molar-refractivity contribution >= 4 is 167 Å². The molecule has 63 heteroatoms. The van der Waals surface area contributed by atoms with Crippen molar-refractivity contribution in [2.45, 2.75) is 62.3 Å². The van der Waals surface area contributed by atoms with Crippen LogP contribution in [-0.2, 0) is 35.0 Å². The van der Waals surface area contributed by atoms with E-state index in [4.69, 9.17) is 129 Å². The average molecular weight is 2050 g/mol. The molecule has 8 aromatic rings. The van der Waals surface area contributed by atoms with Crippen LogP contribution >= 0.6 is 17.8 Å². The van der Waals surface area contributed by atoms with Crippen LogP contribution in [0, 0.1) is 136 Å². The monoisotopic (exact) mass is 2050 g/mol. The second-order valence-electron chi connectivity index (χ2n) is 23.0. The molecule has 1 heterocycles. The fraction of sp³-hybridized carbons (Fsp3) is 0.221. The summed E-state index contributed by atoms with van der Waals surface area (Å²) in [5.41, 5.74) is 4.00. The number of aryl methyl sites for hydroxylation is 2. The van der Waals surface area contributed by atoms with E-state index < -0.39 is 182 Å². The first kappa shape index (κ1) is 124. The Morgan fingerprint density at radius 1 is 0.427 bits per heavy atom. The van der Waals surface area contributed by atoms with E-state index in [2.05, 4.69) is 4.98 Å². The Morgan fingerprint density at radius 2 is 0.679 bits per heavy atom. The van der Waals surface area contributed by atoms with Gasteiger partial charge in [0.15, 0.2) is 0 Å². The molecule has 0 saturated carbocycles. The van der Waals surface area contributed by atoms with Crippen LogP contribution in [0.15, 0.2) is 128 Å². The van der Waals surface area contributed by atoms with Gasteiger partial charge in [0.05, 0.1) is 128 Å². The predicted molar refractivity (Wildman–Crippen MR) is 453 cm³/mol. The maximum absolute atomic E-state index is 11.9. The molecule has 131 heavy (non-hydrogen) atoms. The first-order valence-corrected chi connectivity index (χ1v) is 44.0. The van der Waals surface area contributed by atoms with Crippen LogP contribution in [0.5, 0.6) is 0 Å². The molecule has 714 valence electrons. The summed E-state index contributed by atoms with van der Waals surface area (Å²) < 4.78 is 77.6. The summed E-state index contributed by atoms with van der Waals surface area (Å²) in [6.45, 7) is 14.7. The number of nitrogen functional groups attached to an aromatic ring is 1. The molecule has 0 saturated heterocycles. The van der Waals surface area contributed by atoms with Crippen LogP contribution in [0.2, 0.25) is 0 Å². The van der Waals surface area contributed by atoms with E-state index in [0.29, 0.717) is 29.0 Å². The van der Waals surface area contributed by atoms with Crippen LogP contribution < -0.4 is 5.73 Å². The van der Waals surface area contributed by atoms with E-state index in [1.807, 2.05) is 18.2 Å². The van der Waals surface area contributed by atoms with Crippen molar-refractivity contribution in [2.75, 3.05) is 46.3 Å². The van der Waals surface area contributed by atoms with Crippen molar-refractivity contribution in [3.63, 3.8) is 0 Å². The van der Waals surface area contributed by atoms with E-state index in [1.165, 1.54) is 33.0 Å². The number of aromatic nitrogens is 1. The summed E-state index contributed by atoms with van der Waals surface area (Å²) in [5, 5.41) is 156. The predicted octanol–water partition coefficient (Wildman–Crippen LogP) is 11.5. The number of aromatic carboxylic acids is 4. The Labute approximate surface area is 751 Å². The molecule has 58 nitrogen and oxygen atoms in total. The molecule has 0 bridgehead atoms. The number of non-ortho nitro benzene ring substituents is 4. The number of esters is 3. The number of carbonyl (C=O) groups excluding carboxylic acids is 3. The van der Waals surface area contributed by atoms with Gasteiger partial charge >= 0.3 is 99.3 Å². The number of nitro benzene ring substituents is 8. The molecule has 2 radical (unpaired) electrons. The van der Waals surface area contributed by atoms with Gasteiger partial charge in [0, 0.05) is 84.4 Å². The Kier molecular flexibility index (Phi) is 59.1. The van der Waals surface area contributed by atoms with E-state index >= 15 is 0 Å². The zero-order valence-electron chi connectivity index (χ0n) is 68.9. The van der Waals surface area contributed by atoms with Crippen molar-refractivity contribution in [3.8, 4) is 0 Å². The molecule has 0 amide bonds. The molecule has 0 aliphatic rings. The van der Waals surface area contributed by atoms with Crippen molar-refractivity contribution in [2.24, 2.45) is 0 Å². The number of aliphatic hydroxyl groups excluding tert-OH is 1. The maximum atomic E-state index is 11.9. The molecular formula is C68H77Cl2N13O45S2Sn. The standard InChI is InChI=1S/C13H15N3O6.C11H12N2O2.C10H10N2O6.2C8H6N2O6.2C8H8O2.C2H6O.2ClH.2HNO3.2H2O4S.Sn/c1-4-22-13(17)11-7-9(15(18)19)8-12(16(20)21)10(11)5-6-14(2)3;1-2-15-11(14)9-5-7(12)6-10-8(9)3-4-13-10;1-3-18-10(13)8-4-7(11(14)15)5-9(6(8)2)12(16)17;2*1-4-6(8(11)12)2-5(9(13)14)3-7(4)10(15)16;2*1-6-4-2-3-5-7(6)8(9)10;1-2-3;;;2*2-1(3)4;2*1-5(2,3)4;/h5-8H,4H2,1-3H3;3-6,13H,2,12H2,1H3;4-5H,3H2,1-2H3;2*2-3H,1H3,(H,11,12);2*2-5H,1H3,(H,9,10);3H,2H2,1H3;2*1H;2*(H,2,3,4);2*(H2,1,2,3,4);/q;;;;;;;;;;;;;;+2/p-2/b6-5+;;;;;;;;;;;;;;. The number of aliphatic hydroxyl groups is 1. The summed E-state index contributed by atoms with van der Waals surface area (Å²) in [7, 11) is 3.92. The first-order valence-electron chi connectivity index (χ1n) is 34.0. The van der Waals surface area contributed by atoms with Gasteiger partial charge in [0.1, 0.15) is 0 Å². The van der Waals surface area contributed by atoms with Crippen molar-refractivity contribution in [1.82, 2.24) is 9.88 Å². The van der Waals surface area contributed by atoms with Gasteiger partial charge in [0.25, 0.3) is 55.7 Å². The number of anilines is 1. The van der Waals surface area contributed by atoms with Gasteiger partial charge in [-0.05, 0) is 116 Å². The number of nitrogens with zero attached hydrogens (tertiary/aromatic N) is 11. The number of ether oxygens (including phenoxy) is 3. The molecule has 0 aliphatic carbocycles. The third kappa shape index (κ3) is 52.2. The van der Waals surface area contributed by atoms with Crippen molar-refractivity contribution in [3.05, 3.63) is 301 Å². The summed E-state index contributed by atoms with van der Waals surface area (Å²) in [6.07, 6.45) is 4.61. The van der Waals surface area contributed by atoms with Crippen LogP contribution in [0.1, 0.15) is 134 Å². The summed E-state index contributed by atoms with van der Waals surface area (Å²) in [6, 6.07) is 25.7. The summed E-state index contributed by atoms with van der Waals surface area (Å²) >= 11 is -0.826. The average Bonchev–Trinajstić information content (AvgIpc) is 1.54. The number of carbonyl (C=O) groups is 7. The number of nitrogens with one attached hydrogen (secondary N) is 1. The number of carboxylic acid groups (broad SMARTS) is 4. The number of H-pyrrole nitrogens is 1. The second kappa shape index (κ2) is 62.5. The number of rotatable bonds is 20. The topological polar surface area (TPSA) is 914 Å². The molecule has 14 N–H and O–H groups in total. The Hall–Kier alpha value is -15.6. The van der Waals surface area contributed by atoms with Crippen molar-refractivity contribution in [1.29, 1.82) is 0 Å². The first-order chi connectivity index (χ1) is 60.3. The van der Waals surface area contributed by atoms with Crippen LogP contribution in [0.4, 0.5) is 51.2 Å². The number of carboxylic acids is 4. The zero-order chi connectivity index (χ0) is 103. The molecule has 0 spiro atoms. The van der Waals surface area contributed by atoms with Gasteiger partial charge in [-0.15, -0.1) is 20.2 Å². The van der Waals surface area contributed by atoms with Gasteiger partial charge in [0.2, 0.25) is 0 Å². The summed E-state index contributed by atoms with van der Waals surface area (Å²) in [5.74, 6) is -6.62. The zero-order valence-corrected chi connectivity index (χ0v) is 74.9. The molecule has 0 aliphatic heterocycles. The van der Waals surface area contributed by atoms with E-state index in [9.17, 15) is 114 Å². The van der Waals surface area contributed by atoms with Gasteiger partial charge < -0.3 is 65.8 Å². The van der Waals surface area contributed by atoms with Gasteiger partial charge in [-0.25, -0.2) is 33.6 Å². The minimum absolute atomic E-state index is 0.0391. The van der Waals surface area contributed by atoms with Gasteiger partial charge in [-0.2, -0.15) is 16.8 Å². The van der Waals surface area contributed by atoms with E-state index in [0.717, 1.165) is 70.6 Å².